The third-order valence-electron chi connectivity index (χ3n) is 3.09. The van der Waals surface area contributed by atoms with Gasteiger partial charge in [0, 0.05) is 0 Å². The second-order valence-corrected chi connectivity index (χ2v) is 4.16. The van der Waals surface area contributed by atoms with Crippen LogP contribution in [-0.4, -0.2) is 25.9 Å². The van der Waals surface area contributed by atoms with Gasteiger partial charge in [0.2, 0.25) is 0 Å². The number of fused-ring (bicyclic) bond motifs is 1. The lowest BCUT2D eigenvalue weighted by Gasteiger charge is -2.10. The van der Waals surface area contributed by atoms with E-state index >= 15 is 0 Å². The van der Waals surface area contributed by atoms with Crippen LogP contribution in [0.1, 0.15) is 12.8 Å². The molecule has 0 unspecified atom stereocenters. The van der Waals surface area contributed by atoms with Crippen molar-refractivity contribution in [1.82, 2.24) is 0 Å². The molecule has 0 spiro atoms. The minimum atomic E-state index is 0.0207. The number of hydrogen-bond acceptors (Lipinski definition) is 3. The van der Waals surface area contributed by atoms with Crippen LogP contribution in [0.5, 0.6) is 11.5 Å². The highest BCUT2D eigenvalue weighted by Gasteiger charge is 2.06. The zero-order chi connectivity index (χ0) is 13.0. The maximum absolute atomic E-state index is 9.47. The number of ether oxygens (including phenoxy) is 2. The highest BCUT2D eigenvalue weighted by Crippen LogP contribution is 2.22. The lowest BCUT2D eigenvalue weighted by Crippen LogP contribution is -2.28. The van der Waals surface area contributed by atoms with Crippen LogP contribution in [-0.2, 0) is 0 Å². The monoisotopic (exact) mass is 246 g/mol. The van der Waals surface area contributed by atoms with Crippen molar-refractivity contribution in [3.05, 3.63) is 34.7 Å². The van der Waals surface area contributed by atoms with Crippen molar-refractivity contribution in [3.8, 4) is 11.5 Å². The predicted molar refractivity (Wildman–Crippen MR) is 72.1 cm³/mol. The van der Waals surface area contributed by atoms with E-state index in [1.54, 1.807) is 14.2 Å². The number of rotatable bonds is 3. The van der Waals surface area contributed by atoms with Gasteiger partial charge in [-0.05, 0) is 41.0 Å². The predicted octanol–water partition coefficient (Wildman–Crippen LogP) is 0.977. The number of methoxy groups -OCH3 is 2. The van der Waals surface area contributed by atoms with E-state index in [2.05, 4.69) is 12.2 Å². The molecule has 0 saturated carbocycles. The van der Waals surface area contributed by atoms with Crippen LogP contribution in [0.25, 0.3) is 11.6 Å². The molecular formula is C15H18O3. The largest absolute Gasteiger partial charge is 0.493 e. The van der Waals surface area contributed by atoms with Gasteiger partial charge in [0.15, 0.2) is 11.5 Å². The Labute approximate surface area is 107 Å². The van der Waals surface area contributed by atoms with Gasteiger partial charge in [0.25, 0.3) is 0 Å². The van der Waals surface area contributed by atoms with Crippen molar-refractivity contribution in [2.45, 2.75) is 12.8 Å². The fourth-order valence-electron chi connectivity index (χ4n) is 2.13. The molecule has 3 nitrogen and oxygen atoms in total. The molecule has 1 aliphatic carbocycles. The van der Waals surface area contributed by atoms with Gasteiger partial charge in [-0.1, -0.05) is 18.2 Å². The van der Waals surface area contributed by atoms with Crippen molar-refractivity contribution in [2.24, 2.45) is 0 Å². The second kappa shape index (κ2) is 5.74. The van der Waals surface area contributed by atoms with Gasteiger partial charge in [-0.2, -0.15) is 0 Å². The van der Waals surface area contributed by atoms with Crippen LogP contribution >= 0.6 is 0 Å². The number of allylic oxidation sites excluding steroid dienone is 1. The van der Waals surface area contributed by atoms with Gasteiger partial charge < -0.3 is 14.6 Å². The van der Waals surface area contributed by atoms with E-state index in [-0.39, 0.29) is 6.61 Å². The van der Waals surface area contributed by atoms with Gasteiger partial charge >= 0.3 is 0 Å². The highest BCUT2D eigenvalue weighted by molar-refractivity contribution is 5.60. The van der Waals surface area contributed by atoms with Crippen molar-refractivity contribution in [3.63, 3.8) is 0 Å². The van der Waals surface area contributed by atoms with Crippen LogP contribution in [0.15, 0.2) is 24.3 Å². The maximum Gasteiger partial charge on any atom is 0.161 e. The third-order valence-corrected chi connectivity index (χ3v) is 3.09. The maximum atomic E-state index is 9.47. The Morgan fingerprint density at radius 1 is 1.11 bits per heavy atom. The average molecular weight is 246 g/mol. The quantitative estimate of drug-likeness (QED) is 0.864. The number of hydrogen-bond donors (Lipinski definition) is 1. The first-order valence-electron chi connectivity index (χ1n) is 6.03. The molecule has 0 saturated heterocycles. The molecule has 0 fully saturated rings. The van der Waals surface area contributed by atoms with Crippen molar-refractivity contribution in [1.29, 1.82) is 0 Å². The Morgan fingerprint density at radius 3 is 2.50 bits per heavy atom. The van der Waals surface area contributed by atoms with E-state index < -0.39 is 0 Å². The molecule has 1 aliphatic rings. The van der Waals surface area contributed by atoms with Gasteiger partial charge in [-0.15, -0.1) is 0 Å². The number of aliphatic hydroxyl groups is 1. The molecule has 2 rings (SSSR count). The summed E-state index contributed by atoms with van der Waals surface area (Å²) in [6.07, 6.45) is 8.20. The molecule has 1 aromatic rings. The van der Waals surface area contributed by atoms with Crippen LogP contribution in [0, 0.1) is 0 Å². The number of aliphatic hydroxyl groups excluding tert-OH is 1. The summed E-state index contributed by atoms with van der Waals surface area (Å²) in [5, 5.41) is 11.6. The Kier molecular flexibility index (Phi) is 4.05. The molecule has 0 aromatic heterocycles. The van der Waals surface area contributed by atoms with Gasteiger partial charge in [0.05, 0.1) is 20.8 Å². The van der Waals surface area contributed by atoms with E-state index in [0.29, 0.717) is 11.5 Å². The summed E-state index contributed by atoms with van der Waals surface area (Å²) in [7, 11) is 3.25. The summed E-state index contributed by atoms with van der Waals surface area (Å²) in [4.78, 5) is 0. The van der Waals surface area contributed by atoms with Crippen LogP contribution in [0.2, 0.25) is 0 Å². The van der Waals surface area contributed by atoms with E-state index in [1.807, 2.05) is 18.2 Å². The second-order valence-electron chi connectivity index (χ2n) is 4.16. The summed E-state index contributed by atoms with van der Waals surface area (Å²) in [6.45, 7) is 0.0207. The summed E-state index contributed by atoms with van der Waals surface area (Å²) < 4.78 is 10.6. The Hall–Kier alpha value is -1.74. The minimum absolute atomic E-state index is 0.0207. The number of benzene rings is 1. The molecule has 0 amide bonds. The third kappa shape index (κ3) is 2.41. The molecule has 1 aromatic carbocycles. The Morgan fingerprint density at radius 2 is 1.83 bits per heavy atom. The van der Waals surface area contributed by atoms with Gasteiger partial charge in [-0.25, -0.2) is 0 Å². The molecule has 0 bridgehead atoms. The molecule has 0 atom stereocenters. The summed E-state index contributed by atoms with van der Waals surface area (Å²) in [5.41, 5.74) is 0.905. The first-order valence-corrected chi connectivity index (χ1v) is 6.03. The highest BCUT2D eigenvalue weighted by atomic mass is 16.5. The van der Waals surface area contributed by atoms with E-state index in [0.717, 1.165) is 28.9 Å². The molecule has 0 heterocycles. The smallest absolute Gasteiger partial charge is 0.161 e. The Balaban J connectivity index is 2.80. The summed E-state index contributed by atoms with van der Waals surface area (Å²) in [5.74, 6) is 1.40. The van der Waals surface area contributed by atoms with Crippen LogP contribution in [0.3, 0.4) is 0 Å². The Bertz CT molecular complexity index is 570. The van der Waals surface area contributed by atoms with E-state index in [9.17, 15) is 5.11 Å². The minimum Gasteiger partial charge on any atom is -0.493 e. The van der Waals surface area contributed by atoms with Crippen LogP contribution in [0.4, 0.5) is 0 Å². The SMILES string of the molecule is COc1cc2/c(cc1OC)=C(CO)\C=C\CC/C=2. The summed E-state index contributed by atoms with van der Waals surface area (Å²) >= 11 is 0. The van der Waals surface area contributed by atoms with Gasteiger partial charge in [-0.3, -0.25) is 0 Å². The van der Waals surface area contributed by atoms with Gasteiger partial charge in [0.1, 0.15) is 0 Å². The molecule has 0 aliphatic heterocycles. The van der Waals surface area contributed by atoms with Crippen molar-refractivity contribution < 1.29 is 14.6 Å². The summed E-state index contributed by atoms with van der Waals surface area (Å²) in [6, 6.07) is 3.88. The first-order chi connectivity index (χ1) is 8.80. The molecule has 18 heavy (non-hydrogen) atoms. The van der Waals surface area contributed by atoms with E-state index in [1.165, 1.54) is 0 Å². The topological polar surface area (TPSA) is 38.7 Å². The zero-order valence-corrected chi connectivity index (χ0v) is 10.8. The first kappa shape index (κ1) is 12.7. The van der Waals surface area contributed by atoms with Crippen molar-refractivity contribution in [2.75, 3.05) is 20.8 Å². The van der Waals surface area contributed by atoms with Crippen LogP contribution < -0.4 is 19.9 Å². The average Bonchev–Trinajstić information content (AvgIpc) is 2.39. The molecule has 96 valence electrons. The van der Waals surface area contributed by atoms with Crippen molar-refractivity contribution >= 4 is 11.6 Å². The zero-order valence-electron chi connectivity index (χ0n) is 10.8. The molecule has 3 heteroatoms. The van der Waals surface area contributed by atoms with E-state index in [4.69, 9.17) is 9.47 Å². The lowest BCUT2D eigenvalue weighted by molar-refractivity contribution is 0.348. The molecule has 0 radical (unpaired) electrons. The molecule has 1 N–H and O–H groups in total. The fraction of sp³-hybridized carbons (Fsp3) is 0.333. The molecular weight excluding hydrogens is 228 g/mol. The normalized spacial score (nSPS) is 20.9. The lowest BCUT2D eigenvalue weighted by atomic mass is 10.0. The fourth-order valence-corrected chi connectivity index (χ4v) is 2.13. The standard InChI is InChI=1S/C15H18O3/c1-17-14-8-11-6-4-3-5-7-12(10-16)13(11)9-15(14)18-2/h5-9,16H,3-4,10H2,1-2H3/b7-5+,11-6+,13-12+.